The Morgan fingerprint density at radius 1 is 1.34 bits per heavy atom. The van der Waals surface area contributed by atoms with E-state index in [1.54, 1.807) is 29.3 Å². The Kier molecular flexibility index (Phi) is 6.21. The average Bonchev–Trinajstić information content (AvgIpc) is 3.57. The molecule has 0 radical (unpaired) electrons. The number of carbonyl (C=O) groups excluding carboxylic acids is 1. The molecule has 1 aromatic carbocycles. The van der Waals surface area contributed by atoms with Crippen molar-refractivity contribution in [2.45, 2.75) is 38.6 Å². The van der Waals surface area contributed by atoms with Crippen LogP contribution in [0, 0.1) is 23.7 Å². The second kappa shape index (κ2) is 9.31. The summed E-state index contributed by atoms with van der Waals surface area (Å²) in [7, 11) is 1.61. The molecule has 1 saturated carbocycles. The highest BCUT2D eigenvalue weighted by molar-refractivity contribution is 9.10. The molecule has 0 spiro atoms. The van der Waals surface area contributed by atoms with E-state index in [0.29, 0.717) is 29.0 Å². The van der Waals surface area contributed by atoms with E-state index >= 15 is 0 Å². The van der Waals surface area contributed by atoms with Crippen LogP contribution in [0.5, 0.6) is 0 Å². The summed E-state index contributed by atoms with van der Waals surface area (Å²) in [6, 6.07) is 10.1. The SMILES string of the molecule is CNC(=O)C1(CC#N)CC[C@@H](Nc2ncc3c(Br)nn(-c4ccc(-c5nnc(C)s5)cc4)c3n2)C1. The predicted octanol–water partition coefficient (Wildman–Crippen LogP) is 4.02. The highest BCUT2D eigenvalue weighted by atomic mass is 79.9. The molecule has 5 rings (SSSR count). The van der Waals surface area contributed by atoms with Gasteiger partial charge < -0.3 is 10.6 Å². The van der Waals surface area contributed by atoms with E-state index in [0.717, 1.165) is 33.1 Å². The fourth-order valence-corrected chi connectivity index (χ4v) is 5.71. The zero-order chi connectivity index (χ0) is 24.6. The minimum absolute atomic E-state index is 0.00689. The Bertz CT molecular complexity index is 1440. The van der Waals surface area contributed by atoms with Gasteiger partial charge in [-0.25, -0.2) is 9.67 Å². The van der Waals surface area contributed by atoms with Gasteiger partial charge in [0.15, 0.2) is 5.65 Å². The van der Waals surface area contributed by atoms with E-state index in [2.05, 4.69) is 52.9 Å². The lowest BCUT2D eigenvalue weighted by Crippen LogP contribution is -2.38. The number of carbonyl (C=O) groups is 1. The van der Waals surface area contributed by atoms with Gasteiger partial charge in [-0.2, -0.15) is 15.3 Å². The van der Waals surface area contributed by atoms with Gasteiger partial charge in [0, 0.05) is 31.3 Å². The molecule has 1 aliphatic rings. The van der Waals surface area contributed by atoms with Crippen molar-refractivity contribution in [2.24, 2.45) is 5.41 Å². The second-order valence-corrected chi connectivity index (χ2v) is 10.5. The number of nitrogens with one attached hydrogen (secondary N) is 2. The van der Waals surface area contributed by atoms with Gasteiger partial charge in [0.25, 0.3) is 0 Å². The molecule has 2 N–H and O–H groups in total. The third-order valence-electron chi connectivity index (χ3n) is 6.33. The van der Waals surface area contributed by atoms with Gasteiger partial charge in [-0.3, -0.25) is 4.79 Å². The first kappa shape index (κ1) is 23.3. The minimum Gasteiger partial charge on any atom is -0.359 e. The van der Waals surface area contributed by atoms with Crippen molar-refractivity contribution < 1.29 is 4.79 Å². The highest BCUT2D eigenvalue weighted by Crippen LogP contribution is 2.42. The van der Waals surface area contributed by atoms with E-state index in [1.807, 2.05) is 31.2 Å². The van der Waals surface area contributed by atoms with Crippen LogP contribution in [0.25, 0.3) is 27.3 Å². The lowest BCUT2D eigenvalue weighted by atomic mass is 9.82. The van der Waals surface area contributed by atoms with Crippen LogP contribution in [-0.2, 0) is 4.79 Å². The van der Waals surface area contributed by atoms with E-state index < -0.39 is 5.41 Å². The zero-order valence-corrected chi connectivity index (χ0v) is 21.5. The van der Waals surface area contributed by atoms with Gasteiger partial charge in [0.05, 0.1) is 22.6 Å². The summed E-state index contributed by atoms with van der Waals surface area (Å²) >= 11 is 5.06. The maximum atomic E-state index is 12.5. The number of anilines is 1. The van der Waals surface area contributed by atoms with Crippen molar-refractivity contribution in [1.82, 2.24) is 35.3 Å². The van der Waals surface area contributed by atoms with E-state index in [4.69, 9.17) is 4.98 Å². The molecule has 0 saturated heterocycles. The van der Waals surface area contributed by atoms with Crippen molar-refractivity contribution in [3.05, 3.63) is 40.1 Å². The summed E-state index contributed by atoms with van der Waals surface area (Å²) in [6.45, 7) is 1.93. The quantitative estimate of drug-likeness (QED) is 0.367. The number of hydrogen-bond donors (Lipinski definition) is 2. The third-order valence-corrected chi connectivity index (χ3v) is 7.81. The topological polar surface area (TPSA) is 134 Å². The van der Waals surface area contributed by atoms with Gasteiger partial charge in [0.2, 0.25) is 11.9 Å². The molecule has 35 heavy (non-hydrogen) atoms. The standard InChI is InChI=1S/C23H22BrN9OS/c1-13-30-31-20(35-13)14-3-5-16(6-4-14)33-19-17(18(24)32-33)12-27-22(29-19)28-15-7-8-23(11-15,9-10-25)21(34)26-2/h3-6,12,15H,7-9,11H2,1-2H3,(H,26,34)(H,27,28,29)/t15-,23?/m1/s1. The molecule has 3 heterocycles. The molecule has 1 amide bonds. The number of fused-ring (bicyclic) bond motifs is 1. The van der Waals surface area contributed by atoms with E-state index in [9.17, 15) is 10.1 Å². The molecule has 4 aromatic rings. The maximum absolute atomic E-state index is 12.5. The van der Waals surface area contributed by atoms with Crippen molar-refractivity contribution in [3.63, 3.8) is 0 Å². The van der Waals surface area contributed by atoms with Gasteiger partial charge >= 0.3 is 0 Å². The van der Waals surface area contributed by atoms with Crippen LogP contribution in [0.3, 0.4) is 0 Å². The first-order valence-electron chi connectivity index (χ1n) is 11.1. The van der Waals surface area contributed by atoms with Crippen molar-refractivity contribution >= 4 is 50.2 Å². The molecule has 3 aromatic heterocycles. The van der Waals surface area contributed by atoms with Crippen LogP contribution >= 0.6 is 27.3 Å². The Balaban J connectivity index is 1.41. The maximum Gasteiger partial charge on any atom is 0.227 e. The number of halogens is 1. The Morgan fingerprint density at radius 3 is 2.83 bits per heavy atom. The molecule has 1 fully saturated rings. The summed E-state index contributed by atoms with van der Waals surface area (Å²) in [5.74, 6) is 0.371. The Hall–Kier alpha value is -3.43. The summed E-state index contributed by atoms with van der Waals surface area (Å²) in [6.07, 6.45) is 3.87. The molecule has 178 valence electrons. The first-order valence-corrected chi connectivity index (χ1v) is 12.7. The Morgan fingerprint density at radius 2 is 2.14 bits per heavy atom. The number of rotatable bonds is 6. The molecule has 0 bridgehead atoms. The molecular weight excluding hydrogens is 530 g/mol. The number of nitrogens with zero attached hydrogens (tertiary/aromatic N) is 7. The predicted molar refractivity (Wildman–Crippen MR) is 136 cm³/mol. The van der Waals surface area contributed by atoms with Crippen molar-refractivity contribution in [3.8, 4) is 22.3 Å². The average molecular weight is 552 g/mol. The fourth-order valence-electron chi connectivity index (χ4n) is 4.57. The van der Waals surface area contributed by atoms with Crippen molar-refractivity contribution in [1.29, 1.82) is 5.26 Å². The highest BCUT2D eigenvalue weighted by Gasteiger charge is 2.45. The van der Waals surface area contributed by atoms with Gasteiger partial charge in [-0.1, -0.05) is 11.3 Å². The number of nitriles is 1. The molecule has 10 nitrogen and oxygen atoms in total. The monoisotopic (exact) mass is 551 g/mol. The second-order valence-electron chi connectivity index (χ2n) is 8.59. The summed E-state index contributed by atoms with van der Waals surface area (Å²) in [5, 5.41) is 30.8. The van der Waals surface area contributed by atoms with Crippen LogP contribution in [0.2, 0.25) is 0 Å². The lowest BCUT2D eigenvalue weighted by Gasteiger charge is -2.24. The number of aromatic nitrogens is 6. The van der Waals surface area contributed by atoms with Gasteiger partial charge in [0.1, 0.15) is 14.6 Å². The normalized spacial score (nSPS) is 19.5. The molecule has 2 atom stereocenters. The van der Waals surface area contributed by atoms with Crippen LogP contribution in [-0.4, -0.2) is 48.9 Å². The van der Waals surface area contributed by atoms with Gasteiger partial charge in [-0.05, 0) is 66.4 Å². The largest absolute Gasteiger partial charge is 0.359 e. The Labute approximate surface area is 213 Å². The number of hydrogen-bond acceptors (Lipinski definition) is 9. The first-order chi connectivity index (χ1) is 16.9. The van der Waals surface area contributed by atoms with Crippen LogP contribution in [0.1, 0.15) is 30.7 Å². The van der Waals surface area contributed by atoms with E-state index in [-0.39, 0.29) is 18.4 Å². The summed E-state index contributed by atoms with van der Waals surface area (Å²) < 4.78 is 2.41. The zero-order valence-electron chi connectivity index (χ0n) is 19.1. The summed E-state index contributed by atoms with van der Waals surface area (Å²) in [4.78, 5) is 21.7. The van der Waals surface area contributed by atoms with Crippen LogP contribution in [0.4, 0.5) is 5.95 Å². The van der Waals surface area contributed by atoms with Crippen LogP contribution < -0.4 is 10.6 Å². The van der Waals surface area contributed by atoms with Crippen molar-refractivity contribution in [2.75, 3.05) is 12.4 Å². The molecule has 1 unspecified atom stereocenters. The number of amides is 1. The molecule has 1 aliphatic carbocycles. The molecule has 12 heteroatoms. The fraction of sp³-hybridized carbons (Fsp3) is 0.348. The third kappa shape index (κ3) is 4.37. The van der Waals surface area contributed by atoms with Gasteiger partial charge in [-0.15, -0.1) is 10.2 Å². The molecule has 0 aliphatic heterocycles. The number of benzene rings is 1. The van der Waals surface area contributed by atoms with E-state index in [1.165, 1.54) is 0 Å². The number of aryl methyl sites for hydroxylation is 1. The minimum atomic E-state index is -0.677. The molecular formula is C23H22BrN9OS. The smallest absolute Gasteiger partial charge is 0.227 e. The lowest BCUT2D eigenvalue weighted by molar-refractivity contribution is -0.130. The van der Waals surface area contributed by atoms with Crippen LogP contribution in [0.15, 0.2) is 35.1 Å². The summed E-state index contributed by atoms with van der Waals surface area (Å²) in [5.41, 5.74) is 1.82.